The van der Waals surface area contributed by atoms with Crippen LogP contribution in [0.4, 0.5) is 11.4 Å². The smallest absolute Gasteiger partial charge is 0.264 e. The minimum atomic E-state index is -4.14. The minimum Gasteiger partial charge on any atom is -0.497 e. The highest BCUT2D eigenvalue weighted by molar-refractivity contribution is 7.92. The van der Waals surface area contributed by atoms with E-state index in [0.29, 0.717) is 48.4 Å². The number of anilines is 2. The van der Waals surface area contributed by atoms with Gasteiger partial charge in [0.2, 0.25) is 5.91 Å². The molecule has 11 heteroatoms. The molecule has 0 aliphatic carbocycles. The van der Waals surface area contributed by atoms with Gasteiger partial charge in [0, 0.05) is 43.0 Å². The molecule has 0 unspecified atom stereocenters. The van der Waals surface area contributed by atoms with Gasteiger partial charge in [0.25, 0.3) is 10.0 Å². The van der Waals surface area contributed by atoms with E-state index < -0.39 is 10.0 Å². The third-order valence-electron chi connectivity index (χ3n) is 6.73. The number of amides is 1. The van der Waals surface area contributed by atoms with Crippen molar-refractivity contribution in [2.75, 3.05) is 63.3 Å². The van der Waals surface area contributed by atoms with Gasteiger partial charge in [-0.15, -0.1) is 0 Å². The Hall–Kier alpha value is -3.63. The second kappa shape index (κ2) is 12.0. The van der Waals surface area contributed by atoms with E-state index in [0.717, 1.165) is 15.6 Å². The number of halogens is 1. The quantitative estimate of drug-likeness (QED) is 0.379. The Labute approximate surface area is 234 Å². The van der Waals surface area contributed by atoms with Crippen LogP contribution >= 0.6 is 11.6 Å². The standard InChI is InChI=1S/C28H32ClN3O6S/c1-20-5-6-21(29)17-25(20)30-13-15-31(16-14-30)28(33)19-32(22-7-9-23(36-2)10-8-22)39(34,35)24-11-12-26(37-3)27(18-24)38-4/h5-12,17-18H,13-16,19H2,1-4H3. The summed E-state index contributed by atoms with van der Waals surface area (Å²) in [7, 11) is 0.292. The van der Waals surface area contributed by atoms with E-state index in [4.69, 9.17) is 25.8 Å². The molecule has 1 fully saturated rings. The van der Waals surface area contributed by atoms with Crippen LogP contribution in [0.1, 0.15) is 5.56 Å². The fraction of sp³-hybridized carbons (Fsp3) is 0.321. The zero-order chi connectivity index (χ0) is 28.2. The van der Waals surface area contributed by atoms with Crippen LogP contribution in [0.15, 0.2) is 65.6 Å². The fourth-order valence-corrected chi connectivity index (χ4v) is 6.11. The van der Waals surface area contributed by atoms with Crippen molar-refractivity contribution in [2.45, 2.75) is 11.8 Å². The Morgan fingerprint density at radius 2 is 1.54 bits per heavy atom. The molecule has 3 aromatic rings. The Bertz CT molecular complexity index is 1420. The molecule has 3 aromatic carbocycles. The number of aryl methyl sites for hydroxylation is 1. The largest absolute Gasteiger partial charge is 0.497 e. The molecule has 9 nitrogen and oxygen atoms in total. The third-order valence-corrected chi connectivity index (χ3v) is 8.73. The Balaban J connectivity index is 1.58. The van der Waals surface area contributed by atoms with Crippen molar-refractivity contribution in [2.24, 2.45) is 0 Å². The number of carbonyl (C=O) groups excluding carboxylic acids is 1. The van der Waals surface area contributed by atoms with Crippen molar-refractivity contribution in [3.63, 3.8) is 0 Å². The summed E-state index contributed by atoms with van der Waals surface area (Å²) in [5, 5.41) is 0.657. The first kappa shape index (κ1) is 28.4. The van der Waals surface area contributed by atoms with Crippen LogP contribution in [0.2, 0.25) is 5.02 Å². The zero-order valence-electron chi connectivity index (χ0n) is 22.4. The number of sulfonamides is 1. The first-order chi connectivity index (χ1) is 18.7. The van der Waals surface area contributed by atoms with Gasteiger partial charge in [-0.25, -0.2) is 8.42 Å². The summed E-state index contributed by atoms with van der Waals surface area (Å²) in [4.78, 5) is 17.3. The van der Waals surface area contributed by atoms with Crippen molar-refractivity contribution in [1.29, 1.82) is 0 Å². The maximum atomic E-state index is 13.9. The first-order valence-corrected chi connectivity index (χ1v) is 14.2. The van der Waals surface area contributed by atoms with Crippen molar-refractivity contribution in [1.82, 2.24) is 4.90 Å². The molecule has 0 saturated carbocycles. The monoisotopic (exact) mass is 573 g/mol. The van der Waals surface area contributed by atoms with Crippen LogP contribution < -0.4 is 23.4 Å². The lowest BCUT2D eigenvalue weighted by Crippen LogP contribution is -2.52. The molecule has 0 atom stereocenters. The average molecular weight is 574 g/mol. The lowest BCUT2D eigenvalue weighted by atomic mass is 10.1. The van der Waals surface area contributed by atoms with Gasteiger partial charge >= 0.3 is 0 Å². The van der Waals surface area contributed by atoms with Gasteiger partial charge < -0.3 is 24.0 Å². The van der Waals surface area contributed by atoms with Gasteiger partial charge in [-0.2, -0.15) is 0 Å². The molecule has 1 saturated heterocycles. The van der Waals surface area contributed by atoms with Gasteiger partial charge in [0.1, 0.15) is 12.3 Å². The molecule has 1 aliphatic heterocycles. The summed E-state index contributed by atoms with van der Waals surface area (Å²) >= 11 is 6.20. The van der Waals surface area contributed by atoms with Gasteiger partial charge in [0.05, 0.1) is 31.9 Å². The van der Waals surface area contributed by atoms with E-state index >= 15 is 0 Å². The zero-order valence-corrected chi connectivity index (χ0v) is 24.0. The summed E-state index contributed by atoms with van der Waals surface area (Å²) in [5.74, 6) is 0.946. The van der Waals surface area contributed by atoms with E-state index in [1.807, 2.05) is 25.1 Å². The lowest BCUT2D eigenvalue weighted by molar-refractivity contribution is -0.129. The Kier molecular flexibility index (Phi) is 8.76. The maximum absolute atomic E-state index is 13.9. The van der Waals surface area contributed by atoms with Crippen molar-refractivity contribution < 1.29 is 27.4 Å². The second-order valence-corrected chi connectivity index (χ2v) is 11.3. The summed E-state index contributed by atoms with van der Waals surface area (Å²) < 4.78 is 44.7. The number of ether oxygens (including phenoxy) is 3. The fourth-order valence-electron chi connectivity index (χ4n) is 4.51. The third kappa shape index (κ3) is 6.17. The van der Waals surface area contributed by atoms with Gasteiger partial charge in [0.15, 0.2) is 11.5 Å². The number of rotatable bonds is 9. The summed E-state index contributed by atoms with van der Waals surface area (Å²) in [6.45, 7) is 3.79. The molecule has 0 aromatic heterocycles. The Morgan fingerprint density at radius 3 is 2.15 bits per heavy atom. The number of methoxy groups -OCH3 is 3. The summed E-state index contributed by atoms with van der Waals surface area (Å²) in [6.07, 6.45) is 0. The van der Waals surface area contributed by atoms with Crippen LogP contribution in [0.3, 0.4) is 0 Å². The SMILES string of the molecule is COc1ccc(N(CC(=O)N2CCN(c3cc(Cl)ccc3C)CC2)S(=O)(=O)c2ccc(OC)c(OC)c2)cc1. The van der Waals surface area contributed by atoms with Gasteiger partial charge in [-0.3, -0.25) is 9.10 Å². The number of hydrogen-bond donors (Lipinski definition) is 0. The minimum absolute atomic E-state index is 0.0231. The molecule has 4 rings (SSSR count). The molecule has 0 N–H and O–H groups in total. The van der Waals surface area contributed by atoms with Crippen LogP contribution in [-0.2, 0) is 14.8 Å². The highest BCUT2D eigenvalue weighted by atomic mass is 35.5. The molecule has 0 bridgehead atoms. The topological polar surface area (TPSA) is 88.6 Å². The van der Waals surface area contributed by atoms with Crippen molar-refractivity contribution in [3.05, 3.63) is 71.2 Å². The predicted octanol–water partition coefficient (Wildman–Crippen LogP) is 4.22. The molecule has 0 radical (unpaired) electrons. The highest BCUT2D eigenvalue weighted by Gasteiger charge is 2.31. The summed E-state index contributed by atoms with van der Waals surface area (Å²) in [5.41, 5.74) is 2.48. The molecule has 1 heterocycles. The molecular formula is C28H32ClN3O6S. The van der Waals surface area contributed by atoms with Gasteiger partial charge in [-0.1, -0.05) is 17.7 Å². The van der Waals surface area contributed by atoms with Gasteiger partial charge in [-0.05, 0) is 61.0 Å². The van der Waals surface area contributed by atoms with E-state index in [9.17, 15) is 13.2 Å². The maximum Gasteiger partial charge on any atom is 0.264 e. The summed E-state index contributed by atoms with van der Waals surface area (Å²) in [6, 6.07) is 16.6. The first-order valence-electron chi connectivity index (χ1n) is 12.4. The molecule has 208 valence electrons. The lowest BCUT2D eigenvalue weighted by Gasteiger charge is -2.37. The van der Waals surface area contributed by atoms with Crippen LogP contribution in [-0.4, -0.2) is 73.3 Å². The van der Waals surface area contributed by atoms with Crippen LogP contribution in [0, 0.1) is 6.92 Å². The molecule has 0 spiro atoms. The number of piperazine rings is 1. The Morgan fingerprint density at radius 1 is 0.872 bits per heavy atom. The number of nitrogens with zero attached hydrogens (tertiary/aromatic N) is 3. The predicted molar refractivity (Wildman–Crippen MR) is 152 cm³/mol. The van der Waals surface area contributed by atoms with Crippen LogP contribution in [0.5, 0.6) is 17.2 Å². The van der Waals surface area contributed by atoms with E-state index in [2.05, 4.69) is 4.90 Å². The second-order valence-electron chi connectivity index (χ2n) is 9.03. The average Bonchev–Trinajstić information content (AvgIpc) is 2.96. The number of carbonyl (C=O) groups is 1. The molecule has 1 amide bonds. The normalized spacial score (nSPS) is 13.7. The molecule has 39 heavy (non-hydrogen) atoms. The number of benzene rings is 3. The van der Waals surface area contributed by atoms with Crippen molar-refractivity contribution >= 4 is 38.9 Å². The number of hydrogen-bond acceptors (Lipinski definition) is 7. The van der Waals surface area contributed by atoms with Crippen molar-refractivity contribution in [3.8, 4) is 17.2 Å². The van der Waals surface area contributed by atoms with E-state index in [-0.39, 0.29) is 23.1 Å². The highest BCUT2D eigenvalue weighted by Crippen LogP contribution is 2.33. The molecule has 1 aliphatic rings. The van der Waals surface area contributed by atoms with E-state index in [1.54, 1.807) is 29.2 Å². The van der Waals surface area contributed by atoms with E-state index in [1.165, 1.54) is 39.5 Å². The van der Waals surface area contributed by atoms with Crippen LogP contribution in [0.25, 0.3) is 0 Å². The molecular weight excluding hydrogens is 542 g/mol.